The molecule has 3 rings (SSSR count). The molecule has 2 saturated heterocycles. The highest BCUT2D eigenvalue weighted by atomic mass is 16.5. The van der Waals surface area contributed by atoms with Gasteiger partial charge >= 0.3 is 0 Å². The second kappa shape index (κ2) is 6.39. The fraction of sp³-hybridized carbons (Fsp3) is 0.611. The van der Waals surface area contributed by atoms with Crippen molar-refractivity contribution in [3.05, 3.63) is 35.4 Å². The number of benzene rings is 1. The number of piperidine rings is 1. The van der Waals surface area contributed by atoms with Crippen molar-refractivity contribution >= 4 is 5.91 Å². The summed E-state index contributed by atoms with van der Waals surface area (Å²) in [7, 11) is 1.72. The highest BCUT2D eigenvalue weighted by Crippen LogP contribution is 2.42. The van der Waals surface area contributed by atoms with Gasteiger partial charge in [-0.15, -0.1) is 0 Å². The van der Waals surface area contributed by atoms with Gasteiger partial charge in [-0.05, 0) is 43.7 Å². The third-order valence-electron chi connectivity index (χ3n) is 5.01. The Balaban J connectivity index is 1.59. The minimum absolute atomic E-state index is 0.158. The number of methoxy groups -OCH3 is 1. The molecular formula is C18H25NO3. The Bertz CT molecular complexity index is 535. The zero-order chi connectivity index (χ0) is 15.6. The smallest absolute Gasteiger partial charge is 0.253 e. The maximum atomic E-state index is 12.6. The molecule has 120 valence electrons. The summed E-state index contributed by atoms with van der Waals surface area (Å²) in [5, 5.41) is 0. The predicted octanol–water partition coefficient (Wildman–Crippen LogP) is 2.65. The van der Waals surface area contributed by atoms with Crippen LogP contribution in [0.3, 0.4) is 0 Å². The van der Waals surface area contributed by atoms with Crippen LogP contribution in [-0.2, 0) is 9.47 Å². The van der Waals surface area contributed by atoms with E-state index in [4.69, 9.17) is 9.47 Å². The molecule has 0 unspecified atom stereocenters. The van der Waals surface area contributed by atoms with Gasteiger partial charge in [-0.25, -0.2) is 0 Å². The van der Waals surface area contributed by atoms with Gasteiger partial charge in [0.1, 0.15) is 0 Å². The number of likely N-dealkylation sites (tertiary alicyclic amines) is 1. The Morgan fingerprint density at radius 1 is 1.41 bits per heavy atom. The van der Waals surface area contributed by atoms with Gasteiger partial charge in [0.05, 0.1) is 19.3 Å². The zero-order valence-electron chi connectivity index (χ0n) is 13.5. The highest BCUT2D eigenvalue weighted by Gasteiger charge is 2.43. The normalized spacial score (nSPS) is 23.9. The molecule has 2 aliphatic rings. The molecule has 0 radical (unpaired) electrons. The first kappa shape index (κ1) is 15.5. The van der Waals surface area contributed by atoms with Crippen LogP contribution in [0.5, 0.6) is 0 Å². The molecule has 1 amide bonds. The fourth-order valence-electron chi connectivity index (χ4n) is 3.68. The highest BCUT2D eigenvalue weighted by molar-refractivity contribution is 5.94. The number of nitrogens with zero attached hydrogens (tertiary/aromatic N) is 1. The standard InChI is InChI=1S/C18H25NO3/c1-14-4-3-5-15(10-14)17(20)19-8-6-18(7-9-19)11-16(12-21-2)22-13-18/h3-5,10,16H,6-9,11-13H2,1-2H3/t16-/m0/s1. The van der Waals surface area contributed by atoms with Crippen molar-refractivity contribution in [1.82, 2.24) is 4.90 Å². The van der Waals surface area contributed by atoms with Crippen molar-refractivity contribution in [2.75, 3.05) is 33.4 Å². The lowest BCUT2D eigenvalue weighted by atomic mass is 9.76. The van der Waals surface area contributed by atoms with Crippen molar-refractivity contribution in [3.63, 3.8) is 0 Å². The summed E-state index contributed by atoms with van der Waals surface area (Å²) in [6.07, 6.45) is 3.35. The van der Waals surface area contributed by atoms with E-state index in [1.54, 1.807) is 7.11 Å². The van der Waals surface area contributed by atoms with Gasteiger partial charge < -0.3 is 14.4 Å². The predicted molar refractivity (Wildman–Crippen MR) is 85.0 cm³/mol. The molecule has 0 aliphatic carbocycles. The van der Waals surface area contributed by atoms with E-state index in [1.807, 2.05) is 36.1 Å². The Morgan fingerprint density at radius 2 is 2.18 bits per heavy atom. The van der Waals surface area contributed by atoms with Crippen LogP contribution in [0.25, 0.3) is 0 Å². The number of amides is 1. The minimum atomic E-state index is 0.158. The summed E-state index contributed by atoms with van der Waals surface area (Å²) in [6, 6.07) is 7.86. The van der Waals surface area contributed by atoms with Crippen LogP contribution >= 0.6 is 0 Å². The number of hydrogen-bond acceptors (Lipinski definition) is 3. The van der Waals surface area contributed by atoms with Gasteiger partial charge in [0.2, 0.25) is 0 Å². The SMILES string of the molecule is COC[C@@H]1CC2(CCN(C(=O)c3cccc(C)c3)CC2)CO1. The van der Waals surface area contributed by atoms with Gasteiger partial charge in [-0.1, -0.05) is 17.7 Å². The molecule has 4 nitrogen and oxygen atoms in total. The van der Waals surface area contributed by atoms with Crippen LogP contribution in [0, 0.1) is 12.3 Å². The molecule has 2 heterocycles. The lowest BCUT2D eigenvalue weighted by Crippen LogP contribution is -2.43. The van der Waals surface area contributed by atoms with Crippen molar-refractivity contribution in [2.45, 2.75) is 32.3 Å². The van der Waals surface area contributed by atoms with E-state index >= 15 is 0 Å². The quantitative estimate of drug-likeness (QED) is 0.861. The summed E-state index contributed by atoms with van der Waals surface area (Å²) in [5.41, 5.74) is 2.19. The summed E-state index contributed by atoms with van der Waals surface area (Å²) in [5.74, 6) is 0.158. The molecule has 1 spiro atoms. The van der Waals surface area contributed by atoms with Crippen LogP contribution < -0.4 is 0 Å². The fourth-order valence-corrected chi connectivity index (χ4v) is 3.68. The van der Waals surface area contributed by atoms with Crippen LogP contribution in [-0.4, -0.2) is 50.3 Å². The Labute approximate surface area is 132 Å². The molecule has 22 heavy (non-hydrogen) atoms. The third kappa shape index (κ3) is 3.18. The van der Waals surface area contributed by atoms with E-state index in [9.17, 15) is 4.79 Å². The molecule has 0 saturated carbocycles. The Hall–Kier alpha value is -1.39. The average molecular weight is 303 g/mol. The second-order valence-corrected chi connectivity index (χ2v) is 6.75. The number of rotatable bonds is 3. The van der Waals surface area contributed by atoms with Gasteiger partial charge in [0, 0.05) is 25.8 Å². The maximum absolute atomic E-state index is 12.6. The van der Waals surface area contributed by atoms with E-state index in [2.05, 4.69) is 0 Å². The number of carbonyl (C=O) groups excluding carboxylic acids is 1. The molecule has 1 aromatic carbocycles. The van der Waals surface area contributed by atoms with Crippen LogP contribution in [0.2, 0.25) is 0 Å². The number of hydrogen-bond donors (Lipinski definition) is 0. The molecule has 4 heteroatoms. The van der Waals surface area contributed by atoms with Gasteiger partial charge in [-0.2, -0.15) is 0 Å². The average Bonchev–Trinajstić information content (AvgIpc) is 2.90. The first-order valence-electron chi connectivity index (χ1n) is 8.08. The molecule has 1 aromatic rings. The first-order valence-corrected chi connectivity index (χ1v) is 8.08. The Morgan fingerprint density at radius 3 is 2.86 bits per heavy atom. The van der Waals surface area contributed by atoms with Crippen LogP contribution in [0.1, 0.15) is 35.2 Å². The molecular weight excluding hydrogens is 278 g/mol. The van der Waals surface area contributed by atoms with Crippen molar-refractivity contribution < 1.29 is 14.3 Å². The summed E-state index contributed by atoms with van der Waals surface area (Å²) >= 11 is 0. The molecule has 0 N–H and O–H groups in total. The largest absolute Gasteiger partial charge is 0.382 e. The second-order valence-electron chi connectivity index (χ2n) is 6.75. The van der Waals surface area contributed by atoms with E-state index in [1.165, 1.54) is 0 Å². The maximum Gasteiger partial charge on any atom is 0.253 e. The number of ether oxygens (including phenoxy) is 2. The summed E-state index contributed by atoms with van der Waals surface area (Å²) in [4.78, 5) is 14.6. The molecule has 2 aliphatic heterocycles. The topological polar surface area (TPSA) is 38.8 Å². The lowest BCUT2D eigenvalue weighted by Gasteiger charge is -2.38. The number of aryl methyl sites for hydroxylation is 1. The molecule has 0 aromatic heterocycles. The van der Waals surface area contributed by atoms with E-state index in [0.717, 1.165) is 50.1 Å². The van der Waals surface area contributed by atoms with E-state index < -0.39 is 0 Å². The van der Waals surface area contributed by atoms with Gasteiger partial charge in [0.25, 0.3) is 5.91 Å². The van der Waals surface area contributed by atoms with Gasteiger partial charge in [0.15, 0.2) is 0 Å². The van der Waals surface area contributed by atoms with Crippen molar-refractivity contribution in [3.8, 4) is 0 Å². The molecule has 2 fully saturated rings. The van der Waals surface area contributed by atoms with Crippen molar-refractivity contribution in [2.24, 2.45) is 5.41 Å². The number of carbonyl (C=O) groups is 1. The third-order valence-corrected chi connectivity index (χ3v) is 5.01. The molecule has 1 atom stereocenters. The van der Waals surface area contributed by atoms with E-state index in [-0.39, 0.29) is 17.4 Å². The minimum Gasteiger partial charge on any atom is -0.382 e. The van der Waals surface area contributed by atoms with Gasteiger partial charge in [-0.3, -0.25) is 4.79 Å². The first-order chi connectivity index (χ1) is 10.6. The molecule has 0 bridgehead atoms. The van der Waals surface area contributed by atoms with Crippen molar-refractivity contribution in [1.29, 1.82) is 0 Å². The Kier molecular flexibility index (Phi) is 4.50. The van der Waals surface area contributed by atoms with Crippen LogP contribution in [0.4, 0.5) is 0 Å². The lowest BCUT2D eigenvalue weighted by molar-refractivity contribution is 0.0281. The summed E-state index contributed by atoms with van der Waals surface area (Å²) in [6.45, 7) is 5.17. The summed E-state index contributed by atoms with van der Waals surface area (Å²) < 4.78 is 11.1. The van der Waals surface area contributed by atoms with Crippen LogP contribution in [0.15, 0.2) is 24.3 Å². The zero-order valence-corrected chi connectivity index (χ0v) is 13.5. The monoisotopic (exact) mass is 303 g/mol. The van der Waals surface area contributed by atoms with E-state index in [0.29, 0.717) is 6.61 Å².